The third kappa shape index (κ3) is 4.86. The lowest BCUT2D eigenvalue weighted by molar-refractivity contribution is 0.162. The number of piperidine rings is 1. The van der Waals surface area contributed by atoms with Crippen LogP contribution in [0.3, 0.4) is 0 Å². The summed E-state index contributed by atoms with van der Waals surface area (Å²) < 4.78 is 1.05. The van der Waals surface area contributed by atoms with Crippen LogP contribution < -0.4 is 5.32 Å². The van der Waals surface area contributed by atoms with E-state index in [9.17, 15) is 0 Å². The second kappa shape index (κ2) is 7.36. The average Bonchev–Trinajstić information content (AvgIpc) is 2.41. The van der Waals surface area contributed by atoms with Crippen molar-refractivity contribution in [2.45, 2.75) is 39.3 Å². The van der Waals surface area contributed by atoms with Crippen LogP contribution in [-0.2, 0) is 6.54 Å². The minimum absolute atomic E-state index is 0.562. The Kier molecular flexibility index (Phi) is 5.79. The first-order chi connectivity index (χ1) is 9.15. The third-order valence-electron chi connectivity index (χ3n) is 3.78. The van der Waals surface area contributed by atoms with Crippen LogP contribution in [0.1, 0.15) is 32.4 Å². The molecular weight excluding hydrogens is 302 g/mol. The normalized spacial score (nSPS) is 20.2. The van der Waals surface area contributed by atoms with Crippen LogP contribution in [0.5, 0.6) is 0 Å². The molecule has 2 rings (SSSR count). The Morgan fingerprint density at radius 2 is 2.32 bits per heavy atom. The summed E-state index contributed by atoms with van der Waals surface area (Å²) in [6.45, 7) is 9.01. The largest absolute Gasteiger partial charge is 0.316 e. The van der Waals surface area contributed by atoms with Gasteiger partial charge in [0.2, 0.25) is 0 Å². The predicted molar refractivity (Wildman–Crippen MR) is 83.1 cm³/mol. The first-order valence-electron chi connectivity index (χ1n) is 7.20. The molecule has 0 spiro atoms. The van der Waals surface area contributed by atoms with Crippen molar-refractivity contribution < 1.29 is 0 Å². The summed E-state index contributed by atoms with van der Waals surface area (Å²) in [5, 5.41) is 3.50. The van der Waals surface area contributed by atoms with Gasteiger partial charge in [-0.1, -0.05) is 0 Å². The van der Waals surface area contributed by atoms with Gasteiger partial charge in [-0.3, -0.25) is 9.88 Å². The minimum atomic E-state index is 0.562. The maximum absolute atomic E-state index is 4.49. The number of rotatable bonds is 5. The van der Waals surface area contributed by atoms with Gasteiger partial charge in [-0.05, 0) is 73.8 Å². The summed E-state index contributed by atoms with van der Waals surface area (Å²) in [4.78, 5) is 7.03. The smallest absolute Gasteiger partial charge is 0.0544 e. The molecule has 0 bridgehead atoms. The van der Waals surface area contributed by atoms with E-state index in [-0.39, 0.29) is 0 Å². The summed E-state index contributed by atoms with van der Waals surface area (Å²) in [5.74, 6) is 0.784. The van der Waals surface area contributed by atoms with Crippen molar-refractivity contribution in [1.82, 2.24) is 15.2 Å². The van der Waals surface area contributed by atoms with Crippen molar-refractivity contribution in [1.29, 1.82) is 0 Å². The summed E-state index contributed by atoms with van der Waals surface area (Å²) in [5.41, 5.74) is 1.15. The van der Waals surface area contributed by atoms with E-state index in [0.29, 0.717) is 6.04 Å². The summed E-state index contributed by atoms with van der Waals surface area (Å²) >= 11 is 3.44. The maximum Gasteiger partial charge on any atom is 0.0544 e. The first-order valence-corrected chi connectivity index (χ1v) is 7.99. The van der Waals surface area contributed by atoms with Gasteiger partial charge in [0.15, 0.2) is 0 Å². The fourth-order valence-electron chi connectivity index (χ4n) is 2.58. The summed E-state index contributed by atoms with van der Waals surface area (Å²) in [6.07, 6.45) is 4.55. The molecule has 1 unspecified atom stereocenters. The number of nitrogens with zero attached hydrogens (tertiary/aromatic N) is 2. The highest BCUT2D eigenvalue weighted by Crippen LogP contribution is 2.16. The molecule has 0 amide bonds. The molecular formula is C15H24BrN3. The number of halogens is 1. The summed E-state index contributed by atoms with van der Waals surface area (Å²) in [6, 6.07) is 4.74. The summed E-state index contributed by atoms with van der Waals surface area (Å²) in [7, 11) is 0. The van der Waals surface area contributed by atoms with Gasteiger partial charge in [0.25, 0.3) is 0 Å². The molecule has 3 nitrogen and oxygen atoms in total. The van der Waals surface area contributed by atoms with Crippen molar-refractivity contribution >= 4 is 15.9 Å². The minimum Gasteiger partial charge on any atom is -0.316 e. The third-order valence-corrected chi connectivity index (χ3v) is 4.24. The fraction of sp³-hybridized carbons (Fsp3) is 0.667. The van der Waals surface area contributed by atoms with Crippen molar-refractivity contribution in [3.63, 3.8) is 0 Å². The maximum atomic E-state index is 4.49. The molecule has 19 heavy (non-hydrogen) atoms. The molecule has 0 saturated carbocycles. The number of hydrogen-bond acceptors (Lipinski definition) is 3. The molecule has 4 heteroatoms. The molecule has 1 atom stereocenters. The number of hydrogen-bond donors (Lipinski definition) is 1. The molecule has 0 radical (unpaired) electrons. The molecule has 1 N–H and O–H groups in total. The van der Waals surface area contributed by atoms with Crippen LogP contribution >= 0.6 is 15.9 Å². The zero-order valence-electron chi connectivity index (χ0n) is 11.9. The number of aromatic nitrogens is 1. The van der Waals surface area contributed by atoms with Crippen molar-refractivity contribution in [2.24, 2.45) is 5.92 Å². The fourth-order valence-corrected chi connectivity index (χ4v) is 2.81. The van der Waals surface area contributed by atoms with E-state index in [2.05, 4.69) is 57.1 Å². The van der Waals surface area contributed by atoms with Gasteiger partial charge in [-0.2, -0.15) is 0 Å². The molecule has 0 aromatic carbocycles. The molecule has 1 saturated heterocycles. The Bertz CT molecular complexity index is 371. The second-order valence-corrected chi connectivity index (χ2v) is 6.62. The molecule has 106 valence electrons. The average molecular weight is 326 g/mol. The van der Waals surface area contributed by atoms with Crippen molar-refractivity contribution in [3.05, 3.63) is 28.5 Å². The SMILES string of the molecule is CC(C)N(Cc1ccc(Br)cn1)CC1CCCNC1. The highest BCUT2D eigenvalue weighted by molar-refractivity contribution is 9.10. The van der Waals surface area contributed by atoms with E-state index in [1.807, 2.05) is 6.20 Å². The van der Waals surface area contributed by atoms with Crippen LogP contribution in [-0.4, -0.2) is 35.6 Å². The van der Waals surface area contributed by atoms with Crippen LogP contribution in [0.4, 0.5) is 0 Å². The van der Waals surface area contributed by atoms with Gasteiger partial charge in [0.1, 0.15) is 0 Å². The molecule has 1 fully saturated rings. The van der Waals surface area contributed by atoms with Gasteiger partial charge in [-0.25, -0.2) is 0 Å². The Hall–Kier alpha value is -0.450. The van der Waals surface area contributed by atoms with E-state index in [0.717, 1.165) is 29.2 Å². The van der Waals surface area contributed by atoms with E-state index >= 15 is 0 Å². The standard InChI is InChI=1S/C15H24BrN3/c1-12(2)19(10-13-4-3-7-17-8-13)11-15-6-5-14(16)9-18-15/h5-6,9,12-13,17H,3-4,7-8,10-11H2,1-2H3. The topological polar surface area (TPSA) is 28.2 Å². The zero-order chi connectivity index (χ0) is 13.7. The van der Waals surface area contributed by atoms with E-state index in [4.69, 9.17) is 0 Å². The van der Waals surface area contributed by atoms with E-state index in [1.165, 1.54) is 25.9 Å². The predicted octanol–water partition coefficient (Wildman–Crippen LogP) is 3.05. The van der Waals surface area contributed by atoms with Crippen molar-refractivity contribution in [2.75, 3.05) is 19.6 Å². The lowest BCUT2D eigenvalue weighted by Crippen LogP contribution is -2.40. The lowest BCUT2D eigenvalue weighted by Gasteiger charge is -2.32. The van der Waals surface area contributed by atoms with Gasteiger partial charge >= 0.3 is 0 Å². The molecule has 2 heterocycles. The highest BCUT2D eigenvalue weighted by atomic mass is 79.9. The second-order valence-electron chi connectivity index (χ2n) is 5.70. The van der Waals surface area contributed by atoms with Crippen LogP contribution in [0.25, 0.3) is 0 Å². The number of nitrogens with one attached hydrogen (secondary N) is 1. The van der Waals surface area contributed by atoms with Crippen molar-refractivity contribution in [3.8, 4) is 0 Å². The molecule has 0 aliphatic carbocycles. The Labute approximate surface area is 124 Å². The number of pyridine rings is 1. The molecule has 1 aromatic heterocycles. The van der Waals surface area contributed by atoms with Gasteiger partial charge < -0.3 is 5.32 Å². The first kappa shape index (κ1) is 14.9. The molecule has 1 aromatic rings. The van der Waals surface area contributed by atoms with Gasteiger partial charge in [0.05, 0.1) is 5.69 Å². The monoisotopic (exact) mass is 325 g/mol. The van der Waals surface area contributed by atoms with E-state index < -0.39 is 0 Å². The highest BCUT2D eigenvalue weighted by Gasteiger charge is 2.19. The zero-order valence-corrected chi connectivity index (χ0v) is 13.5. The van der Waals surface area contributed by atoms with Gasteiger partial charge in [0, 0.05) is 29.8 Å². The Morgan fingerprint density at radius 1 is 1.47 bits per heavy atom. The lowest BCUT2D eigenvalue weighted by atomic mass is 9.98. The van der Waals surface area contributed by atoms with Crippen LogP contribution in [0.2, 0.25) is 0 Å². The quantitative estimate of drug-likeness (QED) is 0.901. The molecule has 1 aliphatic heterocycles. The van der Waals surface area contributed by atoms with E-state index in [1.54, 1.807) is 0 Å². The van der Waals surface area contributed by atoms with Crippen LogP contribution in [0, 0.1) is 5.92 Å². The molecule has 1 aliphatic rings. The Balaban J connectivity index is 1.93. The van der Waals surface area contributed by atoms with Crippen LogP contribution in [0.15, 0.2) is 22.8 Å². The Morgan fingerprint density at radius 3 is 2.89 bits per heavy atom. The van der Waals surface area contributed by atoms with Gasteiger partial charge in [-0.15, -0.1) is 0 Å².